The van der Waals surface area contributed by atoms with E-state index < -0.39 is 6.17 Å². The van der Waals surface area contributed by atoms with E-state index in [4.69, 9.17) is 9.15 Å². The summed E-state index contributed by atoms with van der Waals surface area (Å²) in [6.07, 6.45) is 6.02. The predicted octanol–water partition coefficient (Wildman–Crippen LogP) is 4.74. The molecule has 8 heteroatoms. The van der Waals surface area contributed by atoms with Crippen molar-refractivity contribution in [2.45, 2.75) is 30.7 Å². The van der Waals surface area contributed by atoms with E-state index in [0.29, 0.717) is 28.9 Å². The van der Waals surface area contributed by atoms with Crippen LogP contribution in [0.2, 0.25) is 0 Å². The van der Waals surface area contributed by atoms with Crippen molar-refractivity contribution in [2.24, 2.45) is 11.8 Å². The average molecular weight is 460 g/mol. The quantitative estimate of drug-likeness (QED) is 0.439. The van der Waals surface area contributed by atoms with Crippen LogP contribution in [0, 0.1) is 11.8 Å². The molecule has 0 radical (unpaired) electrons. The average Bonchev–Trinajstić information content (AvgIpc) is 3.35. The van der Waals surface area contributed by atoms with E-state index in [1.54, 1.807) is 43.6 Å². The molecule has 1 aliphatic rings. The fraction of sp³-hybridized carbons (Fsp3) is 0.500. The number of aliphatic hydroxyl groups is 1. The van der Waals surface area contributed by atoms with Gasteiger partial charge >= 0.3 is 0 Å². The number of hydrogen-bond donors (Lipinski definition) is 1. The van der Waals surface area contributed by atoms with Crippen LogP contribution in [0.15, 0.2) is 52.6 Å². The maximum Gasteiger partial charge on any atom is 0.255 e. The number of benzene rings is 1. The van der Waals surface area contributed by atoms with Gasteiger partial charge < -0.3 is 19.2 Å². The lowest BCUT2D eigenvalue weighted by atomic mass is 9.81. The summed E-state index contributed by atoms with van der Waals surface area (Å²) in [7, 11) is 1.61. The van der Waals surface area contributed by atoms with Gasteiger partial charge in [-0.15, -0.1) is 0 Å². The molecule has 3 atom stereocenters. The second kappa shape index (κ2) is 11.1. The van der Waals surface area contributed by atoms with Gasteiger partial charge in [0.15, 0.2) is 0 Å². The summed E-state index contributed by atoms with van der Waals surface area (Å²) in [5.74, 6) is 2.11. The van der Waals surface area contributed by atoms with Crippen molar-refractivity contribution in [1.82, 2.24) is 14.9 Å². The highest BCUT2D eigenvalue weighted by Gasteiger charge is 2.29. The number of piperidine rings is 1. The molecular formula is C24H30FN3O3S. The number of likely N-dealkylation sites (tertiary alicyclic amines) is 1. The van der Waals surface area contributed by atoms with Gasteiger partial charge in [0.25, 0.3) is 5.22 Å². The highest BCUT2D eigenvalue weighted by Crippen LogP contribution is 2.35. The van der Waals surface area contributed by atoms with Crippen molar-refractivity contribution in [2.75, 3.05) is 39.1 Å². The van der Waals surface area contributed by atoms with Crippen molar-refractivity contribution in [3.63, 3.8) is 0 Å². The molecule has 1 aliphatic heterocycles. The second-order valence-electron chi connectivity index (χ2n) is 8.27. The Labute approximate surface area is 192 Å². The van der Waals surface area contributed by atoms with Gasteiger partial charge in [-0.3, -0.25) is 4.98 Å². The molecule has 0 aliphatic carbocycles. The zero-order valence-electron chi connectivity index (χ0n) is 18.3. The first-order chi connectivity index (χ1) is 15.7. The second-order valence-corrected chi connectivity index (χ2v) is 9.31. The standard InChI is InChI=1S/C24H30FN3O3S/c1-30-19-3-5-23-21(14-19)20(6-8-26-23)22(25)4-2-17-7-10-28(15-18(17)16-29)11-13-32-24-27-9-12-31-24/h3,5-6,8-9,12,14,17-18,22,29H,2,4,7,10-11,13,15-16H2,1H3/t17-,18-,22-/m1/s1. The van der Waals surface area contributed by atoms with E-state index in [2.05, 4.69) is 14.9 Å². The summed E-state index contributed by atoms with van der Waals surface area (Å²) in [5.41, 5.74) is 1.44. The van der Waals surface area contributed by atoms with E-state index in [0.717, 1.165) is 49.1 Å². The van der Waals surface area contributed by atoms with Crippen LogP contribution in [0.25, 0.3) is 10.9 Å². The van der Waals surface area contributed by atoms with Gasteiger partial charge in [0.1, 0.15) is 18.2 Å². The fourth-order valence-corrected chi connectivity index (χ4v) is 5.34. The van der Waals surface area contributed by atoms with Crippen LogP contribution in [0.4, 0.5) is 4.39 Å². The third kappa shape index (κ3) is 5.60. The highest BCUT2D eigenvalue weighted by atomic mass is 32.2. The number of nitrogens with zero attached hydrogens (tertiary/aromatic N) is 3. The molecule has 3 aromatic rings. The lowest BCUT2D eigenvalue weighted by Crippen LogP contribution is -2.43. The first-order valence-corrected chi connectivity index (χ1v) is 12.1. The molecule has 1 aromatic carbocycles. The maximum absolute atomic E-state index is 15.3. The van der Waals surface area contributed by atoms with Gasteiger partial charge in [-0.2, -0.15) is 0 Å². The van der Waals surface area contributed by atoms with Crippen molar-refractivity contribution >= 4 is 22.7 Å². The molecular weight excluding hydrogens is 429 g/mol. The molecule has 172 valence electrons. The largest absolute Gasteiger partial charge is 0.497 e. The molecule has 1 N–H and O–H groups in total. The van der Waals surface area contributed by atoms with E-state index in [1.165, 1.54) is 0 Å². The van der Waals surface area contributed by atoms with E-state index in [-0.39, 0.29) is 12.5 Å². The molecule has 6 nitrogen and oxygen atoms in total. The fourth-order valence-electron chi connectivity index (χ4n) is 4.55. The minimum Gasteiger partial charge on any atom is -0.497 e. The Morgan fingerprint density at radius 2 is 2.19 bits per heavy atom. The predicted molar refractivity (Wildman–Crippen MR) is 124 cm³/mol. The SMILES string of the molecule is COc1ccc2nccc([C@H](F)CC[C@@H]3CCN(CCSc4ncco4)C[C@@H]3CO)c2c1. The van der Waals surface area contributed by atoms with Gasteiger partial charge in [-0.05, 0) is 67.5 Å². The smallest absolute Gasteiger partial charge is 0.255 e. The van der Waals surface area contributed by atoms with Crippen molar-refractivity contribution in [3.05, 3.63) is 48.5 Å². The molecule has 2 aromatic heterocycles. The number of alkyl halides is 1. The van der Waals surface area contributed by atoms with Crippen LogP contribution in [-0.4, -0.2) is 59.1 Å². The van der Waals surface area contributed by atoms with Crippen molar-refractivity contribution in [3.8, 4) is 5.75 Å². The van der Waals surface area contributed by atoms with Gasteiger partial charge in [-0.25, -0.2) is 9.37 Å². The van der Waals surface area contributed by atoms with Gasteiger partial charge in [0.2, 0.25) is 0 Å². The molecule has 4 rings (SSSR count). The molecule has 0 unspecified atom stereocenters. The van der Waals surface area contributed by atoms with Crippen LogP contribution in [0.5, 0.6) is 5.75 Å². The Bertz CT molecular complexity index is 988. The number of rotatable bonds is 10. The van der Waals surface area contributed by atoms with Gasteiger partial charge in [-0.1, -0.05) is 11.8 Å². The number of oxazole rings is 1. The Morgan fingerprint density at radius 3 is 2.97 bits per heavy atom. The summed E-state index contributed by atoms with van der Waals surface area (Å²) in [6, 6.07) is 7.33. The number of pyridine rings is 1. The third-order valence-electron chi connectivity index (χ3n) is 6.36. The minimum atomic E-state index is -1.07. The first-order valence-electron chi connectivity index (χ1n) is 11.1. The van der Waals surface area contributed by atoms with Crippen molar-refractivity contribution in [1.29, 1.82) is 0 Å². The van der Waals surface area contributed by atoms with Gasteiger partial charge in [0, 0.05) is 37.0 Å². The third-order valence-corrected chi connectivity index (χ3v) is 7.20. The molecule has 3 heterocycles. The minimum absolute atomic E-state index is 0.139. The molecule has 0 saturated carbocycles. The Balaban J connectivity index is 1.31. The first kappa shape index (κ1) is 23.0. The Hall–Kier alpha value is -2.16. The van der Waals surface area contributed by atoms with E-state index in [9.17, 15) is 5.11 Å². The van der Waals surface area contributed by atoms with E-state index in [1.807, 2.05) is 18.2 Å². The van der Waals surface area contributed by atoms with Crippen LogP contribution in [-0.2, 0) is 0 Å². The summed E-state index contributed by atoms with van der Waals surface area (Å²) >= 11 is 1.60. The number of halogens is 1. The van der Waals surface area contributed by atoms with Crippen LogP contribution in [0.3, 0.4) is 0 Å². The Kier molecular flexibility index (Phi) is 8.00. The molecule has 0 bridgehead atoms. The highest BCUT2D eigenvalue weighted by molar-refractivity contribution is 7.99. The molecule has 32 heavy (non-hydrogen) atoms. The summed E-state index contributed by atoms with van der Waals surface area (Å²) in [4.78, 5) is 10.9. The molecule has 0 amide bonds. The zero-order valence-corrected chi connectivity index (χ0v) is 19.1. The molecule has 1 saturated heterocycles. The Morgan fingerprint density at radius 1 is 1.28 bits per heavy atom. The summed E-state index contributed by atoms with van der Waals surface area (Å²) in [5, 5.41) is 11.5. The summed E-state index contributed by atoms with van der Waals surface area (Å²) in [6.45, 7) is 2.88. The summed E-state index contributed by atoms with van der Waals surface area (Å²) < 4.78 is 25.9. The van der Waals surface area contributed by atoms with Crippen LogP contribution >= 0.6 is 11.8 Å². The normalized spacial score (nSPS) is 20.5. The number of fused-ring (bicyclic) bond motifs is 1. The molecule has 1 fully saturated rings. The lowest BCUT2D eigenvalue weighted by molar-refractivity contribution is 0.0672. The number of ether oxygens (including phenoxy) is 1. The zero-order chi connectivity index (χ0) is 22.3. The van der Waals surface area contributed by atoms with Gasteiger partial charge in [0.05, 0.1) is 18.8 Å². The number of aliphatic hydroxyl groups excluding tert-OH is 1. The van der Waals surface area contributed by atoms with Crippen molar-refractivity contribution < 1.29 is 18.7 Å². The number of methoxy groups -OCH3 is 1. The monoisotopic (exact) mass is 459 g/mol. The number of hydrogen-bond acceptors (Lipinski definition) is 7. The lowest BCUT2D eigenvalue weighted by Gasteiger charge is -2.38. The number of aromatic nitrogens is 2. The van der Waals surface area contributed by atoms with Crippen LogP contribution < -0.4 is 4.74 Å². The van der Waals surface area contributed by atoms with E-state index >= 15 is 4.39 Å². The topological polar surface area (TPSA) is 71.6 Å². The maximum atomic E-state index is 15.3. The van der Waals surface area contributed by atoms with Crippen LogP contribution in [0.1, 0.15) is 31.0 Å². The molecule has 0 spiro atoms. The number of thioether (sulfide) groups is 1.